The lowest BCUT2D eigenvalue weighted by Crippen LogP contribution is -2.24. The zero-order valence-corrected chi connectivity index (χ0v) is 12.3. The number of pyridine rings is 1. The van der Waals surface area contributed by atoms with Crippen LogP contribution in [0.5, 0.6) is 0 Å². The lowest BCUT2D eigenvalue weighted by atomic mass is 9.88. The summed E-state index contributed by atoms with van der Waals surface area (Å²) >= 11 is 0. The van der Waals surface area contributed by atoms with E-state index in [1.165, 1.54) is 0 Å². The lowest BCUT2D eigenvalue weighted by molar-refractivity contribution is 0.581. The number of benzene rings is 1. The predicted octanol–water partition coefficient (Wildman–Crippen LogP) is 2.68. The molecule has 0 aliphatic carbocycles. The van der Waals surface area contributed by atoms with Gasteiger partial charge in [-0.05, 0) is 23.6 Å². The van der Waals surface area contributed by atoms with Gasteiger partial charge in [0, 0.05) is 11.6 Å². The molecule has 1 N–H and O–H groups in total. The van der Waals surface area contributed by atoms with E-state index in [0.29, 0.717) is 11.1 Å². The van der Waals surface area contributed by atoms with Crippen LogP contribution in [0.3, 0.4) is 0 Å². The molecule has 0 saturated heterocycles. The predicted molar refractivity (Wildman–Crippen MR) is 78.1 cm³/mol. The molecular formula is C15H14F2N4O. The van der Waals surface area contributed by atoms with E-state index < -0.39 is 11.6 Å². The van der Waals surface area contributed by atoms with Gasteiger partial charge >= 0.3 is 0 Å². The molecule has 5 nitrogen and oxygen atoms in total. The fourth-order valence-corrected chi connectivity index (χ4v) is 2.26. The van der Waals surface area contributed by atoms with Crippen molar-refractivity contribution in [3.8, 4) is 5.69 Å². The number of H-pyrrole nitrogens is 1. The SMILES string of the molecule is CC(C)(C)c1cc2nnn(-c3cc(F)ccc3F)c2[nH]c1=O. The van der Waals surface area contributed by atoms with E-state index in [1.54, 1.807) is 6.07 Å². The molecule has 0 unspecified atom stereocenters. The number of fused-ring (bicyclic) bond motifs is 1. The van der Waals surface area contributed by atoms with Crippen LogP contribution in [0.4, 0.5) is 8.78 Å². The van der Waals surface area contributed by atoms with Crippen molar-refractivity contribution in [2.45, 2.75) is 26.2 Å². The van der Waals surface area contributed by atoms with E-state index >= 15 is 0 Å². The molecule has 0 aliphatic rings. The Labute approximate surface area is 124 Å². The quantitative estimate of drug-likeness (QED) is 0.752. The fourth-order valence-electron chi connectivity index (χ4n) is 2.26. The Balaban J connectivity index is 2.28. The van der Waals surface area contributed by atoms with Gasteiger partial charge in [0.2, 0.25) is 0 Å². The Morgan fingerprint density at radius 3 is 2.59 bits per heavy atom. The minimum absolute atomic E-state index is 0.110. The van der Waals surface area contributed by atoms with Crippen molar-refractivity contribution < 1.29 is 8.78 Å². The van der Waals surface area contributed by atoms with Gasteiger partial charge in [0.05, 0.1) is 0 Å². The Kier molecular flexibility index (Phi) is 3.09. The van der Waals surface area contributed by atoms with Crippen LogP contribution in [-0.2, 0) is 5.41 Å². The second kappa shape index (κ2) is 4.72. The van der Waals surface area contributed by atoms with Crippen LogP contribution in [0.25, 0.3) is 16.9 Å². The van der Waals surface area contributed by atoms with E-state index in [9.17, 15) is 13.6 Å². The summed E-state index contributed by atoms with van der Waals surface area (Å²) in [6.07, 6.45) is 0. The number of hydrogen-bond donors (Lipinski definition) is 1. The highest BCUT2D eigenvalue weighted by molar-refractivity contribution is 5.72. The molecule has 0 radical (unpaired) electrons. The Morgan fingerprint density at radius 1 is 1.18 bits per heavy atom. The van der Waals surface area contributed by atoms with Crippen molar-refractivity contribution >= 4 is 11.2 Å². The van der Waals surface area contributed by atoms with Gasteiger partial charge < -0.3 is 4.98 Å². The van der Waals surface area contributed by atoms with Crippen LogP contribution < -0.4 is 5.56 Å². The summed E-state index contributed by atoms with van der Waals surface area (Å²) in [7, 11) is 0. The van der Waals surface area contributed by atoms with Gasteiger partial charge in [-0.15, -0.1) is 5.10 Å². The third-order valence-electron chi connectivity index (χ3n) is 3.40. The molecule has 0 bridgehead atoms. The molecule has 2 aromatic heterocycles. The summed E-state index contributed by atoms with van der Waals surface area (Å²) in [6, 6.07) is 4.63. The first kappa shape index (κ1) is 14.4. The summed E-state index contributed by atoms with van der Waals surface area (Å²) < 4.78 is 28.3. The number of aromatic nitrogens is 4. The topological polar surface area (TPSA) is 63.6 Å². The summed E-state index contributed by atoms with van der Waals surface area (Å²) in [6.45, 7) is 5.71. The Hall–Kier alpha value is -2.57. The number of halogens is 2. The zero-order valence-electron chi connectivity index (χ0n) is 12.3. The molecule has 3 rings (SSSR count). The molecule has 0 spiro atoms. The van der Waals surface area contributed by atoms with E-state index in [2.05, 4.69) is 15.3 Å². The molecule has 114 valence electrons. The molecule has 1 aromatic carbocycles. The smallest absolute Gasteiger partial charge is 0.253 e. The number of nitrogens with zero attached hydrogens (tertiary/aromatic N) is 3. The maximum Gasteiger partial charge on any atom is 0.253 e. The first-order valence-electron chi connectivity index (χ1n) is 6.72. The van der Waals surface area contributed by atoms with Crippen molar-refractivity contribution in [1.29, 1.82) is 0 Å². The second-order valence-corrected chi connectivity index (χ2v) is 6.09. The van der Waals surface area contributed by atoms with Crippen LogP contribution in [-0.4, -0.2) is 20.0 Å². The largest absolute Gasteiger partial charge is 0.305 e. The minimum atomic E-state index is -0.658. The van der Waals surface area contributed by atoms with Crippen LogP contribution in [0.2, 0.25) is 0 Å². The van der Waals surface area contributed by atoms with Crippen LogP contribution in [0.15, 0.2) is 29.1 Å². The fraction of sp³-hybridized carbons (Fsp3) is 0.267. The van der Waals surface area contributed by atoms with Gasteiger partial charge in [-0.1, -0.05) is 26.0 Å². The molecule has 0 saturated carbocycles. The number of rotatable bonds is 1. The molecule has 3 aromatic rings. The van der Waals surface area contributed by atoms with Gasteiger partial charge in [0.25, 0.3) is 5.56 Å². The van der Waals surface area contributed by atoms with Gasteiger partial charge in [-0.25, -0.2) is 8.78 Å². The lowest BCUT2D eigenvalue weighted by Gasteiger charge is -2.17. The second-order valence-electron chi connectivity index (χ2n) is 6.09. The maximum atomic E-state index is 13.9. The van der Waals surface area contributed by atoms with Crippen LogP contribution in [0.1, 0.15) is 26.3 Å². The minimum Gasteiger partial charge on any atom is -0.305 e. The van der Waals surface area contributed by atoms with Gasteiger partial charge in [0.1, 0.15) is 22.8 Å². The molecule has 22 heavy (non-hydrogen) atoms. The maximum absolute atomic E-state index is 13.9. The standard InChI is InChI=1S/C15H14F2N4O/c1-15(2,3)9-7-11-13(18-14(9)22)21(20-19-11)12-6-8(16)4-5-10(12)17/h4-7H,1-3H3,(H,18,22). The van der Waals surface area contributed by atoms with E-state index in [-0.39, 0.29) is 22.3 Å². The zero-order chi connectivity index (χ0) is 16.1. The number of hydrogen-bond acceptors (Lipinski definition) is 3. The van der Waals surface area contributed by atoms with Gasteiger partial charge in [-0.2, -0.15) is 4.68 Å². The Bertz CT molecular complexity index is 921. The number of nitrogens with one attached hydrogen (secondary N) is 1. The van der Waals surface area contributed by atoms with Crippen molar-refractivity contribution in [3.05, 3.63) is 51.8 Å². The first-order chi connectivity index (χ1) is 10.3. The summed E-state index contributed by atoms with van der Waals surface area (Å²) in [5, 5.41) is 7.76. The van der Waals surface area contributed by atoms with Crippen molar-refractivity contribution in [2.75, 3.05) is 0 Å². The first-order valence-corrected chi connectivity index (χ1v) is 6.72. The Morgan fingerprint density at radius 2 is 1.91 bits per heavy atom. The molecule has 7 heteroatoms. The molecule has 0 atom stereocenters. The normalized spacial score (nSPS) is 12.0. The van der Waals surface area contributed by atoms with Crippen molar-refractivity contribution in [2.24, 2.45) is 0 Å². The third kappa shape index (κ3) is 2.28. The van der Waals surface area contributed by atoms with E-state index in [0.717, 1.165) is 22.9 Å². The summed E-state index contributed by atoms with van der Waals surface area (Å²) in [5.74, 6) is -1.26. The molecular weight excluding hydrogens is 290 g/mol. The van der Waals surface area contributed by atoms with Crippen LogP contribution in [0, 0.1) is 11.6 Å². The molecule has 2 heterocycles. The average Bonchev–Trinajstić information content (AvgIpc) is 2.82. The molecule has 0 fully saturated rings. The van der Waals surface area contributed by atoms with Crippen LogP contribution >= 0.6 is 0 Å². The van der Waals surface area contributed by atoms with Crippen molar-refractivity contribution in [3.63, 3.8) is 0 Å². The van der Waals surface area contributed by atoms with Gasteiger partial charge in [-0.3, -0.25) is 4.79 Å². The summed E-state index contributed by atoms with van der Waals surface area (Å²) in [5.41, 5.74) is 0.403. The highest BCUT2D eigenvalue weighted by Gasteiger charge is 2.21. The van der Waals surface area contributed by atoms with E-state index in [1.807, 2.05) is 20.8 Å². The van der Waals surface area contributed by atoms with Crippen molar-refractivity contribution in [1.82, 2.24) is 20.0 Å². The highest BCUT2D eigenvalue weighted by atomic mass is 19.1. The third-order valence-corrected chi connectivity index (χ3v) is 3.40. The summed E-state index contributed by atoms with van der Waals surface area (Å²) in [4.78, 5) is 14.9. The highest BCUT2D eigenvalue weighted by Crippen LogP contribution is 2.22. The monoisotopic (exact) mass is 304 g/mol. The number of aromatic amines is 1. The van der Waals surface area contributed by atoms with Gasteiger partial charge in [0.15, 0.2) is 5.65 Å². The molecule has 0 aliphatic heterocycles. The average molecular weight is 304 g/mol. The van der Waals surface area contributed by atoms with E-state index in [4.69, 9.17) is 0 Å². The molecule has 0 amide bonds.